The molecule has 0 N–H and O–H groups in total. The number of nitrogens with zero attached hydrogens (tertiary/aromatic N) is 5. The minimum Gasteiger partial charge on any atom is -0.354 e. The smallest absolute Gasteiger partial charge is 0.266 e. The molecule has 1 saturated heterocycles. The Kier molecular flexibility index (Phi) is 2.83. The van der Waals surface area contributed by atoms with E-state index in [1.807, 2.05) is 6.92 Å². The minimum atomic E-state index is -0.0330. The normalized spacial score (nSPS) is 15.7. The first-order valence-corrected chi connectivity index (χ1v) is 6.52. The highest BCUT2D eigenvalue weighted by atomic mass is 32.1. The summed E-state index contributed by atoms with van der Waals surface area (Å²) in [6, 6.07) is 3.32. The van der Waals surface area contributed by atoms with Crippen LogP contribution in [-0.4, -0.2) is 31.6 Å². The number of hydrogen-bond donors (Lipinski definition) is 0. The molecule has 6 nitrogen and oxygen atoms in total. The van der Waals surface area contributed by atoms with Crippen molar-refractivity contribution in [1.82, 2.24) is 18.5 Å². The Balaban J connectivity index is 1.63. The van der Waals surface area contributed by atoms with Crippen LogP contribution in [0.1, 0.15) is 5.69 Å². The van der Waals surface area contributed by atoms with Gasteiger partial charge < -0.3 is 4.90 Å². The van der Waals surface area contributed by atoms with Gasteiger partial charge in [0.2, 0.25) is 0 Å². The van der Waals surface area contributed by atoms with Gasteiger partial charge in [0, 0.05) is 25.1 Å². The molecular weight excluding hydrogens is 250 g/mol. The number of hydrogen-bond acceptors (Lipinski definition) is 6. The monoisotopic (exact) mass is 263 g/mol. The van der Waals surface area contributed by atoms with Crippen LogP contribution in [0.25, 0.3) is 0 Å². The fourth-order valence-corrected chi connectivity index (χ4v) is 2.53. The zero-order valence-corrected chi connectivity index (χ0v) is 10.8. The van der Waals surface area contributed by atoms with Gasteiger partial charge in [-0.1, -0.05) is 0 Å². The maximum atomic E-state index is 11.6. The van der Waals surface area contributed by atoms with Crippen molar-refractivity contribution in [2.75, 3.05) is 18.0 Å². The van der Waals surface area contributed by atoms with Crippen LogP contribution in [0.3, 0.4) is 0 Å². The zero-order valence-electron chi connectivity index (χ0n) is 9.98. The van der Waals surface area contributed by atoms with Crippen LogP contribution in [0.15, 0.2) is 23.1 Å². The van der Waals surface area contributed by atoms with Gasteiger partial charge >= 0.3 is 0 Å². The molecule has 0 amide bonds. The summed E-state index contributed by atoms with van der Waals surface area (Å²) in [6.07, 6.45) is 1.78. The van der Waals surface area contributed by atoms with Gasteiger partial charge in [-0.3, -0.25) is 4.79 Å². The van der Waals surface area contributed by atoms with Crippen LogP contribution in [0.4, 0.5) is 5.82 Å². The first kappa shape index (κ1) is 11.3. The maximum absolute atomic E-state index is 11.6. The van der Waals surface area contributed by atoms with Gasteiger partial charge in [-0.2, -0.15) is 13.8 Å². The van der Waals surface area contributed by atoms with E-state index in [-0.39, 0.29) is 5.56 Å². The van der Waals surface area contributed by atoms with Crippen LogP contribution in [0.5, 0.6) is 0 Å². The van der Waals surface area contributed by atoms with E-state index >= 15 is 0 Å². The lowest BCUT2D eigenvalue weighted by Crippen LogP contribution is -2.49. The Labute approximate surface area is 108 Å². The van der Waals surface area contributed by atoms with Crippen molar-refractivity contribution in [3.8, 4) is 0 Å². The first-order chi connectivity index (χ1) is 8.72. The second-order valence-corrected chi connectivity index (χ2v) is 5.09. The molecule has 3 rings (SSSR count). The van der Waals surface area contributed by atoms with E-state index in [2.05, 4.69) is 18.7 Å². The molecule has 0 unspecified atom stereocenters. The average molecular weight is 263 g/mol. The SMILES string of the molecule is Cc1ccc(=O)n(CC2CN(c3cnsn3)C2)n1. The minimum absolute atomic E-state index is 0.0330. The lowest BCUT2D eigenvalue weighted by molar-refractivity contribution is 0.332. The Morgan fingerprint density at radius 2 is 2.28 bits per heavy atom. The molecule has 0 aliphatic carbocycles. The van der Waals surface area contributed by atoms with Crippen molar-refractivity contribution in [2.24, 2.45) is 5.92 Å². The summed E-state index contributed by atoms with van der Waals surface area (Å²) in [6.45, 7) is 4.39. The second-order valence-electron chi connectivity index (χ2n) is 4.53. The van der Waals surface area contributed by atoms with Gasteiger partial charge in [0.05, 0.1) is 30.2 Å². The predicted molar refractivity (Wildman–Crippen MR) is 68.8 cm³/mol. The third-order valence-corrected chi connectivity index (χ3v) is 3.53. The molecule has 0 spiro atoms. The third-order valence-electron chi connectivity index (χ3n) is 3.06. The third kappa shape index (κ3) is 2.13. The highest BCUT2D eigenvalue weighted by Crippen LogP contribution is 2.23. The summed E-state index contributed by atoms with van der Waals surface area (Å²) in [5.41, 5.74) is 0.837. The van der Waals surface area contributed by atoms with E-state index in [0.717, 1.165) is 24.6 Å². The quantitative estimate of drug-likeness (QED) is 0.808. The average Bonchev–Trinajstić information content (AvgIpc) is 2.80. The summed E-state index contributed by atoms with van der Waals surface area (Å²) < 4.78 is 9.72. The molecule has 1 fully saturated rings. The van der Waals surface area contributed by atoms with E-state index in [1.165, 1.54) is 11.7 Å². The molecule has 2 aromatic heterocycles. The summed E-state index contributed by atoms with van der Waals surface area (Å²) in [4.78, 5) is 13.8. The van der Waals surface area contributed by atoms with Crippen molar-refractivity contribution in [3.63, 3.8) is 0 Å². The van der Waals surface area contributed by atoms with Crippen LogP contribution in [0.2, 0.25) is 0 Å². The molecule has 0 atom stereocenters. The van der Waals surface area contributed by atoms with E-state index in [9.17, 15) is 4.79 Å². The van der Waals surface area contributed by atoms with Gasteiger partial charge in [0.1, 0.15) is 0 Å². The predicted octanol–water partition coefficient (Wildman–Crippen LogP) is 0.540. The van der Waals surface area contributed by atoms with Gasteiger partial charge in [0.15, 0.2) is 5.82 Å². The fourth-order valence-electron chi connectivity index (χ4n) is 2.10. The van der Waals surface area contributed by atoms with Gasteiger partial charge in [0.25, 0.3) is 5.56 Å². The van der Waals surface area contributed by atoms with Crippen LogP contribution >= 0.6 is 11.7 Å². The van der Waals surface area contributed by atoms with E-state index < -0.39 is 0 Å². The number of aryl methyl sites for hydroxylation is 1. The summed E-state index contributed by atoms with van der Waals surface area (Å²) in [5.74, 6) is 1.39. The standard InChI is InChI=1S/C11H13N5OS/c1-8-2-3-11(17)16(13-8)7-9-5-15(6-9)10-4-12-18-14-10/h2-4,9H,5-7H2,1H3. The van der Waals surface area contributed by atoms with Gasteiger partial charge in [-0.25, -0.2) is 4.68 Å². The number of rotatable bonds is 3. The van der Waals surface area contributed by atoms with Crippen LogP contribution in [-0.2, 0) is 6.54 Å². The Morgan fingerprint density at radius 1 is 1.44 bits per heavy atom. The fraction of sp³-hybridized carbons (Fsp3) is 0.455. The molecular formula is C11H13N5OS. The van der Waals surface area contributed by atoms with Crippen molar-refractivity contribution >= 4 is 17.5 Å². The molecule has 3 heterocycles. The maximum Gasteiger partial charge on any atom is 0.266 e. The molecule has 0 aromatic carbocycles. The topological polar surface area (TPSA) is 63.9 Å². The summed E-state index contributed by atoms with van der Waals surface area (Å²) in [5, 5.41) is 4.24. The van der Waals surface area contributed by atoms with Gasteiger partial charge in [-0.15, -0.1) is 0 Å². The largest absolute Gasteiger partial charge is 0.354 e. The van der Waals surface area contributed by atoms with Crippen LogP contribution < -0.4 is 10.5 Å². The zero-order chi connectivity index (χ0) is 12.5. The highest BCUT2D eigenvalue weighted by Gasteiger charge is 2.29. The van der Waals surface area contributed by atoms with Crippen molar-refractivity contribution in [1.29, 1.82) is 0 Å². The van der Waals surface area contributed by atoms with Crippen molar-refractivity contribution in [3.05, 3.63) is 34.4 Å². The molecule has 94 valence electrons. The van der Waals surface area contributed by atoms with Crippen LogP contribution in [0, 0.1) is 12.8 Å². The number of aromatic nitrogens is 4. The lowest BCUT2D eigenvalue weighted by atomic mass is 10.0. The van der Waals surface area contributed by atoms with E-state index in [1.54, 1.807) is 23.0 Å². The Morgan fingerprint density at radius 3 is 3.00 bits per heavy atom. The Bertz CT molecular complexity index is 588. The van der Waals surface area contributed by atoms with E-state index in [0.29, 0.717) is 12.5 Å². The molecule has 18 heavy (non-hydrogen) atoms. The van der Waals surface area contributed by atoms with Crippen molar-refractivity contribution < 1.29 is 0 Å². The molecule has 0 bridgehead atoms. The summed E-state index contributed by atoms with van der Waals surface area (Å²) in [7, 11) is 0. The Hall–Kier alpha value is -1.76. The number of anilines is 1. The molecule has 1 aliphatic rings. The highest BCUT2D eigenvalue weighted by molar-refractivity contribution is 6.99. The van der Waals surface area contributed by atoms with E-state index in [4.69, 9.17) is 0 Å². The molecule has 0 radical (unpaired) electrons. The summed E-state index contributed by atoms with van der Waals surface area (Å²) >= 11 is 1.22. The second kappa shape index (κ2) is 4.49. The first-order valence-electron chi connectivity index (χ1n) is 5.79. The lowest BCUT2D eigenvalue weighted by Gasteiger charge is -2.39. The van der Waals surface area contributed by atoms with Crippen molar-refractivity contribution in [2.45, 2.75) is 13.5 Å². The molecule has 1 aliphatic heterocycles. The molecule has 2 aromatic rings. The molecule has 0 saturated carbocycles. The molecule has 7 heteroatoms. The van der Waals surface area contributed by atoms with Gasteiger partial charge in [-0.05, 0) is 13.0 Å².